The van der Waals surface area contributed by atoms with Gasteiger partial charge in [0.25, 0.3) is 0 Å². The topological polar surface area (TPSA) is 80.2 Å². The Bertz CT molecular complexity index is 1110. The Kier molecular flexibility index (Phi) is 8.06. The number of alkyl halides is 3. The number of halogens is 3. The number of benzene rings is 2. The fraction of sp³-hybridized carbons (Fsp3) is 0.391. The van der Waals surface area contributed by atoms with Gasteiger partial charge in [-0.25, -0.2) is 14.7 Å². The number of aliphatic imine (C=N–C) groups is 1. The van der Waals surface area contributed by atoms with Gasteiger partial charge in [0.05, 0.1) is 18.9 Å². The van der Waals surface area contributed by atoms with Crippen molar-refractivity contribution in [3.05, 3.63) is 66.2 Å². The summed E-state index contributed by atoms with van der Waals surface area (Å²) in [5, 5.41) is 0.241. The number of nitrogens with zero attached hydrogens (tertiary/aromatic N) is 2. The number of para-hydroxylation sites is 1. The van der Waals surface area contributed by atoms with Crippen LogP contribution in [0.25, 0.3) is 0 Å². The molecule has 0 bridgehead atoms. The van der Waals surface area contributed by atoms with Crippen molar-refractivity contribution in [2.45, 2.75) is 44.0 Å². The third-order valence-corrected chi connectivity index (χ3v) is 9.12. The third-order valence-electron chi connectivity index (χ3n) is 5.15. The van der Waals surface area contributed by atoms with Crippen molar-refractivity contribution < 1.29 is 31.6 Å². The molecule has 3 rings (SSSR count). The smallest absolute Gasteiger partial charge is 0.311 e. The highest BCUT2D eigenvalue weighted by Crippen LogP contribution is 2.61. The minimum absolute atomic E-state index is 0.0398. The van der Waals surface area contributed by atoms with Crippen LogP contribution in [0.2, 0.25) is 0 Å². The van der Waals surface area contributed by atoms with Crippen molar-refractivity contribution in [3.8, 4) is 0 Å². The van der Waals surface area contributed by atoms with Crippen LogP contribution in [-0.2, 0) is 18.5 Å². The van der Waals surface area contributed by atoms with E-state index in [-0.39, 0.29) is 23.9 Å². The van der Waals surface area contributed by atoms with Crippen LogP contribution in [0.15, 0.2) is 65.7 Å². The maximum absolute atomic E-state index is 14.7. The van der Waals surface area contributed by atoms with Crippen molar-refractivity contribution in [1.29, 1.82) is 0 Å². The SMILES string of the molecule is CCOP(=O)(OCC)C(C)(C)/N=C1\SC(c2ccccc2)(C(F)(F)F)NC(=O)N1c1ccccc1. The van der Waals surface area contributed by atoms with Gasteiger partial charge >= 0.3 is 19.8 Å². The summed E-state index contributed by atoms with van der Waals surface area (Å²) in [4.78, 5) is 16.0. The second-order valence-electron chi connectivity index (χ2n) is 7.97. The molecule has 0 aromatic heterocycles. The zero-order valence-corrected chi connectivity index (χ0v) is 21.4. The van der Waals surface area contributed by atoms with Crippen molar-refractivity contribution in [2.75, 3.05) is 18.1 Å². The maximum atomic E-state index is 14.7. The van der Waals surface area contributed by atoms with E-state index in [1.165, 1.54) is 38.1 Å². The quantitative estimate of drug-likeness (QED) is 0.384. The first-order valence-electron chi connectivity index (χ1n) is 10.9. The molecule has 1 saturated heterocycles. The van der Waals surface area contributed by atoms with Crippen LogP contribution in [0.5, 0.6) is 0 Å². The number of anilines is 1. The monoisotopic (exact) mass is 529 g/mol. The molecule has 0 spiro atoms. The second kappa shape index (κ2) is 10.3. The number of nitrogens with one attached hydrogen (secondary N) is 1. The van der Waals surface area contributed by atoms with Gasteiger partial charge < -0.3 is 14.4 Å². The van der Waals surface area contributed by atoms with Gasteiger partial charge in [0.15, 0.2) is 10.4 Å². The van der Waals surface area contributed by atoms with E-state index in [4.69, 9.17) is 9.05 Å². The first kappa shape index (κ1) is 27.3. The standard InChI is InChI=1S/C23H27F3N3O4PS/c1-5-32-34(31,33-6-2)21(3,4)28-20-29(18-15-11-8-12-16-18)19(30)27-22(35-20,23(24,25)26)17-13-9-7-10-14-17/h7-16H,5-6H2,1-4H3,(H,27,30)/b28-20-. The minimum atomic E-state index is -4.90. The molecular weight excluding hydrogens is 502 g/mol. The molecule has 1 N–H and O–H groups in total. The summed E-state index contributed by atoms with van der Waals surface area (Å²) in [6.45, 7) is 6.21. The van der Waals surface area contributed by atoms with Crippen molar-refractivity contribution in [3.63, 3.8) is 0 Å². The van der Waals surface area contributed by atoms with E-state index in [1.807, 2.05) is 0 Å². The predicted molar refractivity (Wildman–Crippen MR) is 132 cm³/mol. The van der Waals surface area contributed by atoms with Gasteiger partial charge in [0, 0.05) is 0 Å². The Morgan fingerprint density at radius 1 is 1.00 bits per heavy atom. The van der Waals surface area contributed by atoms with Crippen molar-refractivity contribution in [2.24, 2.45) is 4.99 Å². The van der Waals surface area contributed by atoms with Crippen LogP contribution in [-0.4, -0.2) is 35.9 Å². The molecule has 7 nitrogen and oxygen atoms in total. The molecular formula is C23H27F3N3O4PS. The van der Waals surface area contributed by atoms with E-state index >= 15 is 0 Å². The first-order chi connectivity index (χ1) is 16.4. The van der Waals surface area contributed by atoms with Gasteiger partial charge in [-0.05, 0) is 57.2 Å². The lowest BCUT2D eigenvalue weighted by molar-refractivity contribution is -0.167. The molecule has 1 aliphatic rings. The summed E-state index contributed by atoms with van der Waals surface area (Å²) in [7, 11) is -3.92. The first-order valence-corrected chi connectivity index (χ1v) is 13.2. The maximum Gasteiger partial charge on any atom is 0.425 e. The molecule has 1 unspecified atom stereocenters. The Labute approximate surface area is 206 Å². The lowest BCUT2D eigenvalue weighted by atomic mass is 10.1. The normalized spacial score (nSPS) is 20.7. The number of hydrogen-bond donors (Lipinski definition) is 1. The van der Waals surface area contributed by atoms with Crippen LogP contribution in [0.1, 0.15) is 33.3 Å². The van der Waals surface area contributed by atoms with Crippen molar-refractivity contribution >= 4 is 36.2 Å². The summed E-state index contributed by atoms with van der Waals surface area (Å²) >= 11 is 0.312. The van der Waals surface area contributed by atoms with Crippen LogP contribution in [0, 0.1) is 0 Å². The van der Waals surface area contributed by atoms with Gasteiger partial charge in [-0.1, -0.05) is 48.5 Å². The van der Waals surface area contributed by atoms with E-state index in [0.29, 0.717) is 17.4 Å². The van der Waals surface area contributed by atoms with Gasteiger partial charge in [-0.2, -0.15) is 13.2 Å². The molecule has 0 radical (unpaired) electrons. The van der Waals surface area contributed by atoms with Gasteiger partial charge in [-0.3, -0.25) is 4.57 Å². The van der Waals surface area contributed by atoms with E-state index in [2.05, 4.69) is 10.3 Å². The Hall–Kier alpha value is -2.33. The average molecular weight is 530 g/mol. The number of thioether (sulfide) groups is 1. The predicted octanol–water partition coefficient (Wildman–Crippen LogP) is 6.72. The summed E-state index contributed by atoms with van der Waals surface area (Å²) in [6, 6.07) is 14.2. The summed E-state index contributed by atoms with van der Waals surface area (Å²) in [5.74, 6) is 0. The number of amidine groups is 1. The van der Waals surface area contributed by atoms with Crippen LogP contribution >= 0.6 is 19.4 Å². The van der Waals surface area contributed by atoms with Crippen molar-refractivity contribution in [1.82, 2.24) is 5.32 Å². The zero-order chi connectivity index (χ0) is 25.9. The summed E-state index contributed by atoms with van der Waals surface area (Å²) in [6.07, 6.45) is -4.90. The third kappa shape index (κ3) is 5.28. The Balaban J connectivity index is 2.25. The minimum Gasteiger partial charge on any atom is -0.311 e. The summed E-state index contributed by atoms with van der Waals surface area (Å²) in [5.41, 5.74) is 0.111. The van der Waals surface area contributed by atoms with E-state index in [9.17, 15) is 22.5 Å². The highest BCUT2D eigenvalue weighted by atomic mass is 32.2. The lowest BCUT2D eigenvalue weighted by Crippen LogP contribution is -2.63. The molecule has 35 heavy (non-hydrogen) atoms. The molecule has 0 aliphatic carbocycles. The molecule has 2 amide bonds. The molecule has 2 aromatic rings. The zero-order valence-electron chi connectivity index (χ0n) is 19.7. The number of amides is 2. The number of carbonyl (C=O) groups excluding carboxylic acids is 1. The summed E-state index contributed by atoms with van der Waals surface area (Å²) < 4.78 is 68.4. The Morgan fingerprint density at radius 3 is 2.00 bits per heavy atom. The van der Waals surface area contributed by atoms with Gasteiger partial charge in [0.1, 0.15) is 0 Å². The van der Waals surface area contributed by atoms with E-state index in [0.717, 1.165) is 4.90 Å². The second-order valence-corrected chi connectivity index (χ2v) is 11.8. The largest absolute Gasteiger partial charge is 0.425 e. The number of carbonyl (C=O) groups is 1. The molecule has 12 heteroatoms. The molecule has 1 fully saturated rings. The van der Waals surface area contributed by atoms with Crippen LogP contribution in [0.4, 0.5) is 23.7 Å². The molecule has 2 aromatic carbocycles. The van der Waals surface area contributed by atoms with Gasteiger partial charge in [0.2, 0.25) is 4.87 Å². The van der Waals surface area contributed by atoms with E-state index < -0.39 is 30.0 Å². The van der Waals surface area contributed by atoms with Crippen LogP contribution < -0.4 is 10.2 Å². The number of hydrogen-bond acceptors (Lipinski definition) is 6. The lowest BCUT2D eigenvalue weighted by Gasteiger charge is -2.44. The molecule has 0 saturated carbocycles. The fourth-order valence-electron chi connectivity index (χ4n) is 3.46. The number of urea groups is 1. The van der Waals surface area contributed by atoms with Crippen LogP contribution in [0.3, 0.4) is 0 Å². The molecule has 1 atom stereocenters. The van der Waals surface area contributed by atoms with Gasteiger partial charge in [-0.15, -0.1) is 0 Å². The molecule has 190 valence electrons. The number of rotatable bonds is 8. The highest BCUT2D eigenvalue weighted by molar-refractivity contribution is 8.15. The molecule has 1 heterocycles. The van der Waals surface area contributed by atoms with E-state index in [1.54, 1.807) is 50.2 Å². The highest BCUT2D eigenvalue weighted by Gasteiger charge is 2.62. The Morgan fingerprint density at radius 2 is 1.51 bits per heavy atom. The average Bonchev–Trinajstić information content (AvgIpc) is 2.79. The fourth-order valence-corrected chi connectivity index (χ4v) is 6.47. The molecule has 1 aliphatic heterocycles.